The highest BCUT2D eigenvalue weighted by atomic mass is 32.1. The van der Waals surface area contributed by atoms with Crippen LogP contribution in [0, 0.1) is 0 Å². The van der Waals surface area contributed by atoms with E-state index in [2.05, 4.69) is 5.32 Å². The van der Waals surface area contributed by atoms with Crippen molar-refractivity contribution in [2.75, 3.05) is 24.7 Å². The van der Waals surface area contributed by atoms with Crippen LogP contribution in [0.25, 0.3) is 0 Å². The Kier molecular flexibility index (Phi) is 6.61. The van der Waals surface area contributed by atoms with Crippen molar-refractivity contribution in [3.05, 3.63) is 46.2 Å². The summed E-state index contributed by atoms with van der Waals surface area (Å²) in [6.45, 7) is 1.27. The number of benzene rings is 1. The molecule has 2 amide bonds. The van der Waals surface area contributed by atoms with Crippen LogP contribution in [-0.4, -0.2) is 43.3 Å². The maximum absolute atomic E-state index is 12.3. The Morgan fingerprint density at radius 2 is 2.00 bits per heavy atom. The molecule has 0 spiro atoms. The number of nitrogens with zero attached hydrogens (tertiary/aromatic N) is 1. The summed E-state index contributed by atoms with van der Waals surface area (Å²) in [7, 11) is 0. The maximum atomic E-state index is 12.3. The molecular weight excluding hydrogens is 396 g/mol. The van der Waals surface area contributed by atoms with Crippen molar-refractivity contribution in [1.29, 1.82) is 0 Å². The largest absolute Gasteiger partial charge is 0.491 e. The number of hydrogen-bond donors (Lipinski definition) is 1. The minimum Gasteiger partial charge on any atom is -0.491 e. The van der Waals surface area contributed by atoms with Crippen molar-refractivity contribution >= 4 is 40.6 Å². The zero-order valence-corrected chi connectivity index (χ0v) is 16.6. The first-order valence-electron chi connectivity index (χ1n) is 8.98. The average Bonchev–Trinajstić information content (AvgIpc) is 3.12. The third-order valence-electron chi connectivity index (χ3n) is 4.13. The highest BCUT2D eigenvalue weighted by Gasteiger charge is 2.26. The number of esters is 1. The van der Waals surface area contributed by atoms with Gasteiger partial charge in [0.15, 0.2) is 6.61 Å². The second-order valence-corrected chi connectivity index (χ2v) is 7.47. The first-order valence-corrected chi connectivity index (χ1v) is 9.80. The number of para-hydroxylation sites is 2. The van der Waals surface area contributed by atoms with E-state index >= 15 is 0 Å². The summed E-state index contributed by atoms with van der Waals surface area (Å²) in [4.78, 5) is 50.3. The van der Waals surface area contributed by atoms with Crippen LogP contribution in [0.15, 0.2) is 36.4 Å². The molecule has 0 atom stereocenters. The predicted octanol–water partition coefficient (Wildman–Crippen LogP) is 1.93. The lowest BCUT2D eigenvalue weighted by atomic mass is 10.2. The third kappa shape index (κ3) is 5.41. The lowest BCUT2D eigenvalue weighted by Crippen LogP contribution is -2.36. The molecular formula is C20H20N2O6S. The van der Waals surface area contributed by atoms with E-state index in [4.69, 9.17) is 9.47 Å². The third-order valence-corrected chi connectivity index (χ3v) is 5.26. The van der Waals surface area contributed by atoms with E-state index in [9.17, 15) is 19.2 Å². The number of thiophene rings is 1. The molecule has 0 radical (unpaired) electrons. The summed E-state index contributed by atoms with van der Waals surface area (Å²) in [6, 6.07) is 10.3. The minimum atomic E-state index is -0.682. The number of fused-ring (bicyclic) bond motifs is 1. The quantitative estimate of drug-likeness (QED) is 0.547. The zero-order valence-electron chi connectivity index (χ0n) is 15.8. The Hall–Kier alpha value is -3.20. The van der Waals surface area contributed by atoms with Gasteiger partial charge in [0.1, 0.15) is 12.3 Å². The predicted molar refractivity (Wildman–Crippen MR) is 106 cm³/mol. The highest BCUT2D eigenvalue weighted by molar-refractivity contribution is 7.14. The molecule has 2 aromatic rings. The standard InChI is InChI=1S/C20H20N2O6S/c1-13(23)21-10-14-6-7-18(29-14)16(24)12-28-20(26)11-22-15-4-2-3-5-17(15)27-9-8-19(22)25/h2-7H,8-12H2,1H3,(H,21,23). The molecule has 2 heterocycles. The number of nitrogens with one attached hydrogen (secondary N) is 1. The fourth-order valence-corrected chi connectivity index (χ4v) is 3.59. The summed E-state index contributed by atoms with van der Waals surface area (Å²) in [6.07, 6.45) is 0.146. The molecule has 0 saturated carbocycles. The van der Waals surface area contributed by atoms with Crippen LogP contribution in [0.4, 0.5) is 5.69 Å². The first kappa shape index (κ1) is 20.5. The van der Waals surface area contributed by atoms with E-state index in [0.717, 1.165) is 4.88 Å². The molecule has 1 aromatic heterocycles. The Morgan fingerprint density at radius 1 is 1.21 bits per heavy atom. The number of anilines is 1. The van der Waals surface area contributed by atoms with Crippen LogP contribution in [0.1, 0.15) is 27.9 Å². The minimum absolute atomic E-state index is 0.146. The molecule has 0 aliphatic carbocycles. The van der Waals surface area contributed by atoms with Gasteiger partial charge in [-0.15, -0.1) is 11.3 Å². The molecule has 1 aliphatic heterocycles. The maximum Gasteiger partial charge on any atom is 0.326 e. The van der Waals surface area contributed by atoms with E-state index in [1.165, 1.54) is 23.2 Å². The van der Waals surface area contributed by atoms with Crippen molar-refractivity contribution < 1.29 is 28.7 Å². The molecule has 152 valence electrons. The first-order chi connectivity index (χ1) is 13.9. The van der Waals surface area contributed by atoms with Crippen molar-refractivity contribution in [3.63, 3.8) is 0 Å². The smallest absolute Gasteiger partial charge is 0.326 e. The van der Waals surface area contributed by atoms with Gasteiger partial charge in [0.05, 0.1) is 30.1 Å². The number of hydrogen-bond acceptors (Lipinski definition) is 7. The Morgan fingerprint density at radius 3 is 2.79 bits per heavy atom. The van der Waals surface area contributed by atoms with E-state index in [1.54, 1.807) is 36.4 Å². The molecule has 0 fully saturated rings. The Balaban J connectivity index is 1.56. The lowest BCUT2D eigenvalue weighted by Gasteiger charge is -2.20. The molecule has 1 aromatic carbocycles. The van der Waals surface area contributed by atoms with Crippen LogP contribution in [0.5, 0.6) is 5.75 Å². The van der Waals surface area contributed by atoms with Crippen molar-refractivity contribution in [2.45, 2.75) is 19.9 Å². The number of Topliss-reactive ketones (excluding diaryl/α,β-unsaturated/α-hetero) is 1. The van der Waals surface area contributed by atoms with Crippen molar-refractivity contribution in [2.24, 2.45) is 0 Å². The molecule has 8 nitrogen and oxygen atoms in total. The fraction of sp³-hybridized carbons (Fsp3) is 0.300. The topological polar surface area (TPSA) is 102 Å². The Labute approximate surface area is 171 Å². The molecule has 1 N–H and O–H groups in total. The van der Waals surface area contributed by atoms with Gasteiger partial charge < -0.3 is 14.8 Å². The van der Waals surface area contributed by atoms with E-state index < -0.39 is 12.6 Å². The number of rotatable bonds is 7. The van der Waals surface area contributed by atoms with Crippen LogP contribution >= 0.6 is 11.3 Å². The van der Waals surface area contributed by atoms with E-state index in [-0.39, 0.29) is 37.2 Å². The summed E-state index contributed by atoms with van der Waals surface area (Å²) < 4.78 is 10.6. The number of carbonyl (C=O) groups excluding carboxylic acids is 4. The number of ether oxygens (including phenoxy) is 2. The molecule has 9 heteroatoms. The van der Waals surface area contributed by atoms with Gasteiger partial charge in [0.2, 0.25) is 17.6 Å². The monoisotopic (exact) mass is 416 g/mol. The van der Waals surface area contributed by atoms with Gasteiger partial charge in [-0.2, -0.15) is 0 Å². The summed E-state index contributed by atoms with van der Waals surface area (Å²) in [5, 5.41) is 2.65. The average molecular weight is 416 g/mol. The van der Waals surface area contributed by atoms with E-state index in [0.29, 0.717) is 22.9 Å². The van der Waals surface area contributed by atoms with Crippen molar-refractivity contribution in [3.8, 4) is 5.75 Å². The normalized spacial score (nSPS) is 13.1. The van der Waals surface area contributed by atoms with Gasteiger partial charge in [-0.25, -0.2) is 0 Å². The van der Waals surface area contributed by atoms with Gasteiger partial charge in [-0.1, -0.05) is 12.1 Å². The van der Waals surface area contributed by atoms with Gasteiger partial charge in [0.25, 0.3) is 0 Å². The zero-order chi connectivity index (χ0) is 20.8. The molecule has 0 bridgehead atoms. The second-order valence-electron chi connectivity index (χ2n) is 6.31. The SMILES string of the molecule is CC(=O)NCc1ccc(C(=O)COC(=O)CN2C(=O)CCOc3ccccc32)s1. The van der Waals surface area contributed by atoms with Crippen LogP contribution in [-0.2, 0) is 25.7 Å². The number of carbonyl (C=O) groups is 4. The van der Waals surface area contributed by atoms with Crippen LogP contribution < -0.4 is 15.0 Å². The fourth-order valence-electron chi connectivity index (χ4n) is 2.72. The summed E-state index contributed by atoms with van der Waals surface area (Å²) >= 11 is 1.23. The highest BCUT2D eigenvalue weighted by Crippen LogP contribution is 2.30. The summed E-state index contributed by atoms with van der Waals surface area (Å²) in [5.41, 5.74) is 0.499. The molecule has 0 saturated heterocycles. The molecule has 29 heavy (non-hydrogen) atoms. The van der Waals surface area contributed by atoms with Gasteiger partial charge in [-0.3, -0.25) is 24.1 Å². The van der Waals surface area contributed by atoms with Gasteiger partial charge in [-0.05, 0) is 24.3 Å². The van der Waals surface area contributed by atoms with E-state index in [1.807, 2.05) is 0 Å². The van der Waals surface area contributed by atoms with Crippen molar-refractivity contribution in [1.82, 2.24) is 5.32 Å². The molecule has 0 unspecified atom stereocenters. The Bertz CT molecular complexity index is 939. The van der Waals surface area contributed by atoms with Crippen LogP contribution in [0.2, 0.25) is 0 Å². The molecule has 3 rings (SSSR count). The van der Waals surface area contributed by atoms with Gasteiger partial charge >= 0.3 is 5.97 Å². The summed E-state index contributed by atoms with van der Waals surface area (Å²) in [5.74, 6) is -0.913. The molecule has 1 aliphatic rings. The number of amides is 2. The lowest BCUT2D eigenvalue weighted by molar-refractivity contribution is -0.141. The van der Waals surface area contributed by atoms with Gasteiger partial charge in [0, 0.05) is 11.8 Å². The number of ketones is 1. The second kappa shape index (κ2) is 9.33. The van der Waals surface area contributed by atoms with Crippen LogP contribution in [0.3, 0.4) is 0 Å².